The highest BCUT2D eigenvalue weighted by molar-refractivity contribution is 7.87. The molecule has 12 heteroatoms. The molecule has 9 nitrogen and oxygen atoms in total. The lowest BCUT2D eigenvalue weighted by atomic mass is 10.3. The van der Waals surface area contributed by atoms with Gasteiger partial charge in [-0.2, -0.15) is 25.3 Å². The summed E-state index contributed by atoms with van der Waals surface area (Å²) >= 11 is 0. The van der Waals surface area contributed by atoms with Crippen molar-refractivity contribution in [3.8, 4) is 17.2 Å². The Balaban J connectivity index is 3.30. The van der Waals surface area contributed by atoms with Crippen LogP contribution in [0.1, 0.15) is 40.0 Å². The summed E-state index contributed by atoms with van der Waals surface area (Å²) in [4.78, 5) is 0. The summed E-state index contributed by atoms with van der Waals surface area (Å²) in [6.45, 7) is 4.92. The van der Waals surface area contributed by atoms with Crippen molar-refractivity contribution >= 4 is 30.4 Å². The van der Waals surface area contributed by atoms with E-state index in [2.05, 4.69) is 0 Å². The molecule has 0 aliphatic heterocycles. The van der Waals surface area contributed by atoms with E-state index in [4.69, 9.17) is 12.5 Å². The first-order valence-corrected chi connectivity index (χ1v) is 13.1. The van der Waals surface area contributed by atoms with Crippen molar-refractivity contribution < 1.29 is 37.8 Å². The molecule has 0 unspecified atom stereocenters. The fraction of sp³-hybridized carbons (Fsp3) is 0.600. The molecule has 0 N–H and O–H groups in total. The number of benzene rings is 1. The predicted molar refractivity (Wildman–Crippen MR) is 101 cm³/mol. The van der Waals surface area contributed by atoms with Gasteiger partial charge in [-0.3, -0.25) is 0 Å². The third-order valence-corrected chi connectivity index (χ3v) is 6.97. The molecule has 27 heavy (non-hydrogen) atoms. The van der Waals surface area contributed by atoms with Crippen LogP contribution in [0.15, 0.2) is 18.2 Å². The second-order valence-electron chi connectivity index (χ2n) is 5.64. The van der Waals surface area contributed by atoms with Crippen molar-refractivity contribution in [1.82, 2.24) is 0 Å². The first-order chi connectivity index (χ1) is 12.4. The predicted octanol–water partition coefficient (Wildman–Crippen LogP) is 2.04. The van der Waals surface area contributed by atoms with Gasteiger partial charge in [-0.25, -0.2) is 0 Å². The van der Waals surface area contributed by atoms with E-state index in [1.165, 1.54) is 0 Å². The average molecular weight is 445 g/mol. The maximum atomic E-state index is 12.0. The van der Waals surface area contributed by atoms with Gasteiger partial charge < -0.3 is 12.5 Å². The van der Waals surface area contributed by atoms with E-state index in [1.54, 1.807) is 20.8 Å². The van der Waals surface area contributed by atoms with Crippen LogP contribution in [0.5, 0.6) is 17.2 Å². The van der Waals surface area contributed by atoms with Crippen LogP contribution >= 0.6 is 0 Å². The Bertz CT molecular complexity index is 933. The Kier molecular flexibility index (Phi) is 8.36. The summed E-state index contributed by atoms with van der Waals surface area (Å²) in [5, 5.41) is 0. The maximum Gasteiger partial charge on any atom is 0.309 e. The lowest BCUT2D eigenvalue weighted by Gasteiger charge is -2.14. The van der Waals surface area contributed by atoms with Crippen LogP contribution in [0.3, 0.4) is 0 Å². The van der Waals surface area contributed by atoms with Gasteiger partial charge >= 0.3 is 30.4 Å². The van der Waals surface area contributed by atoms with Gasteiger partial charge in [-0.1, -0.05) is 20.8 Å². The molecule has 0 saturated heterocycles. The minimum atomic E-state index is -4.03. The van der Waals surface area contributed by atoms with Gasteiger partial charge in [-0.15, -0.1) is 0 Å². The van der Waals surface area contributed by atoms with E-state index >= 15 is 0 Å². The van der Waals surface area contributed by atoms with Gasteiger partial charge in [-0.05, 0) is 31.4 Å². The molecule has 0 spiro atoms. The highest BCUT2D eigenvalue weighted by Crippen LogP contribution is 2.34. The summed E-state index contributed by atoms with van der Waals surface area (Å²) in [7, 11) is -11.9. The standard InChI is InChI=1S/C15H24O9S3/c1-4-9-25(16,17)22-13-7-8-14(23-26(18,19)10-5-2)15(12-13)24-27(20,21)11-6-3/h7-8,12H,4-6,9-11H2,1-3H3. The monoisotopic (exact) mass is 444 g/mol. The third-order valence-electron chi connectivity index (χ3n) is 2.93. The third kappa shape index (κ3) is 8.35. The molecule has 1 aromatic carbocycles. The van der Waals surface area contributed by atoms with Gasteiger partial charge in [0, 0.05) is 6.07 Å². The largest absolute Gasteiger partial charge is 0.382 e. The normalized spacial score (nSPS) is 12.6. The first kappa shape index (κ1) is 23.5. The summed E-state index contributed by atoms with van der Waals surface area (Å²) in [5.74, 6) is -1.88. The van der Waals surface area contributed by atoms with Gasteiger partial charge in [0.25, 0.3) is 0 Å². The van der Waals surface area contributed by atoms with Crippen LogP contribution in [0.4, 0.5) is 0 Å². The van der Waals surface area contributed by atoms with E-state index in [-0.39, 0.29) is 35.2 Å². The van der Waals surface area contributed by atoms with Crippen LogP contribution < -0.4 is 12.5 Å². The summed E-state index contributed by atoms with van der Waals surface area (Å²) in [6, 6.07) is 3.21. The topological polar surface area (TPSA) is 130 Å². The van der Waals surface area contributed by atoms with E-state index in [0.717, 1.165) is 18.2 Å². The second-order valence-corrected chi connectivity index (χ2v) is 10.7. The lowest BCUT2D eigenvalue weighted by molar-refractivity contribution is 0.444. The molecule has 0 amide bonds. The Morgan fingerprint density at radius 1 is 0.630 bits per heavy atom. The fourth-order valence-corrected chi connectivity index (χ4v) is 4.93. The van der Waals surface area contributed by atoms with Crippen molar-refractivity contribution in [3.05, 3.63) is 18.2 Å². The van der Waals surface area contributed by atoms with Crippen molar-refractivity contribution in [3.63, 3.8) is 0 Å². The molecule has 0 aliphatic rings. The minimum Gasteiger partial charge on any atom is -0.382 e. The fourth-order valence-electron chi connectivity index (χ4n) is 1.97. The zero-order valence-corrected chi connectivity index (χ0v) is 17.8. The van der Waals surface area contributed by atoms with Crippen LogP contribution in [-0.4, -0.2) is 42.5 Å². The highest BCUT2D eigenvalue weighted by atomic mass is 32.2. The zero-order valence-electron chi connectivity index (χ0n) is 15.4. The summed E-state index contributed by atoms with van der Waals surface area (Å²) in [5.41, 5.74) is 0. The zero-order chi connectivity index (χ0) is 20.7. The smallest absolute Gasteiger partial charge is 0.309 e. The van der Waals surface area contributed by atoms with Crippen molar-refractivity contribution in [2.75, 3.05) is 17.3 Å². The molecule has 0 aromatic heterocycles. The molecular formula is C15H24O9S3. The van der Waals surface area contributed by atoms with Crippen LogP contribution in [0.2, 0.25) is 0 Å². The van der Waals surface area contributed by atoms with E-state index in [0.29, 0.717) is 12.8 Å². The van der Waals surface area contributed by atoms with Crippen molar-refractivity contribution in [1.29, 1.82) is 0 Å². The molecule has 0 bridgehead atoms. The van der Waals surface area contributed by atoms with E-state index < -0.39 is 36.1 Å². The first-order valence-electron chi connectivity index (χ1n) is 8.34. The summed E-state index contributed by atoms with van der Waals surface area (Å²) < 4.78 is 86.0. The molecule has 0 radical (unpaired) electrons. The Morgan fingerprint density at radius 3 is 1.48 bits per heavy atom. The number of rotatable bonds is 12. The van der Waals surface area contributed by atoms with Crippen molar-refractivity contribution in [2.24, 2.45) is 0 Å². The van der Waals surface area contributed by atoms with Crippen LogP contribution in [-0.2, 0) is 30.4 Å². The van der Waals surface area contributed by atoms with Crippen molar-refractivity contribution in [2.45, 2.75) is 40.0 Å². The molecule has 0 fully saturated rings. The average Bonchev–Trinajstić information content (AvgIpc) is 2.48. The highest BCUT2D eigenvalue weighted by Gasteiger charge is 2.22. The van der Waals surface area contributed by atoms with Crippen LogP contribution in [0, 0.1) is 0 Å². The van der Waals surface area contributed by atoms with Gasteiger partial charge in [0.05, 0.1) is 17.3 Å². The maximum absolute atomic E-state index is 12.0. The van der Waals surface area contributed by atoms with E-state index in [1.807, 2.05) is 0 Å². The molecule has 0 heterocycles. The molecule has 156 valence electrons. The van der Waals surface area contributed by atoms with Gasteiger partial charge in [0.1, 0.15) is 5.75 Å². The minimum absolute atomic E-state index is 0.217. The summed E-state index contributed by atoms with van der Waals surface area (Å²) in [6.07, 6.45) is 0.893. The quantitative estimate of drug-likeness (QED) is 0.444. The van der Waals surface area contributed by atoms with Gasteiger partial charge in [0.2, 0.25) is 0 Å². The van der Waals surface area contributed by atoms with Gasteiger partial charge in [0.15, 0.2) is 11.5 Å². The number of hydrogen-bond acceptors (Lipinski definition) is 9. The lowest BCUT2D eigenvalue weighted by Crippen LogP contribution is -2.17. The SMILES string of the molecule is CCCS(=O)(=O)Oc1ccc(OS(=O)(=O)CCC)c(OS(=O)(=O)CCC)c1. The second kappa shape index (κ2) is 9.60. The van der Waals surface area contributed by atoms with E-state index in [9.17, 15) is 25.3 Å². The Hall–Kier alpha value is -1.53. The van der Waals surface area contributed by atoms with Crippen LogP contribution in [0.25, 0.3) is 0 Å². The molecule has 0 aliphatic carbocycles. The molecular weight excluding hydrogens is 420 g/mol. The number of hydrogen-bond donors (Lipinski definition) is 0. The molecule has 0 atom stereocenters. The Morgan fingerprint density at radius 2 is 1.04 bits per heavy atom. The molecule has 0 saturated carbocycles. The molecule has 1 aromatic rings. The molecule has 1 rings (SSSR count). The Labute approximate surface area is 161 Å².